The molecule has 1 rings (SSSR count). The summed E-state index contributed by atoms with van der Waals surface area (Å²) in [5, 5.41) is 13.4. The van der Waals surface area contributed by atoms with E-state index >= 15 is 0 Å². The largest absolute Gasteiger partial charge is 0.481 e. The van der Waals surface area contributed by atoms with Crippen LogP contribution in [0, 0.1) is 0 Å². The summed E-state index contributed by atoms with van der Waals surface area (Å²) >= 11 is 1.34. The Bertz CT molecular complexity index is 403. The van der Waals surface area contributed by atoms with Gasteiger partial charge in [-0.3, -0.25) is 9.59 Å². The molecular formula is C10H15N3O3S. The number of thiazole rings is 1. The van der Waals surface area contributed by atoms with Crippen molar-refractivity contribution in [2.24, 2.45) is 5.73 Å². The molecule has 0 aliphatic carbocycles. The molecule has 0 bridgehead atoms. The number of carbonyl (C=O) groups excluding carboxylic acids is 1. The maximum Gasteiger partial charge on any atom is 0.303 e. The Balaban J connectivity index is 2.39. The quantitative estimate of drug-likeness (QED) is 0.652. The van der Waals surface area contributed by atoms with Gasteiger partial charge in [-0.2, -0.15) is 0 Å². The standard InChI is InChI=1S/C10H15N3O3S/c1-6(11)10-13-7(5-17-10)9(16)12-4-2-3-8(14)15/h5-6H,2-4,11H2,1H3,(H,12,16)(H,14,15). The van der Waals surface area contributed by atoms with Crippen LogP contribution < -0.4 is 11.1 Å². The first-order chi connectivity index (χ1) is 8.00. The summed E-state index contributed by atoms with van der Waals surface area (Å²) in [6.07, 6.45) is 0.452. The number of amides is 1. The lowest BCUT2D eigenvalue weighted by atomic mass is 10.3. The summed E-state index contributed by atoms with van der Waals surface area (Å²) in [7, 11) is 0. The van der Waals surface area contributed by atoms with E-state index in [1.54, 1.807) is 12.3 Å². The molecule has 1 aromatic rings. The second-order valence-electron chi connectivity index (χ2n) is 3.61. The summed E-state index contributed by atoms with van der Waals surface area (Å²) in [6.45, 7) is 2.13. The number of nitrogens with zero attached hydrogens (tertiary/aromatic N) is 1. The normalized spacial score (nSPS) is 12.1. The molecule has 6 nitrogen and oxygen atoms in total. The molecule has 1 amide bonds. The topological polar surface area (TPSA) is 105 Å². The molecule has 0 spiro atoms. The minimum absolute atomic E-state index is 0.0441. The van der Waals surface area contributed by atoms with E-state index in [2.05, 4.69) is 10.3 Å². The van der Waals surface area contributed by atoms with Gasteiger partial charge < -0.3 is 16.2 Å². The van der Waals surface area contributed by atoms with Crippen LogP contribution in [0.5, 0.6) is 0 Å². The highest BCUT2D eigenvalue weighted by Crippen LogP contribution is 2.15. The van der Waals surface area contributed by atoms with Crippen LogP contribution in [0.4, 0.5) is 0 Å². The van der Waals surface area contributed by atoms with Crippen LogP contribution in [0.15, 0.2) is 5.38 Å². The minimum atomic E-state index is -0.868. The first kappa shape index (κ1) is 13.6. The molecule has 0 saturated carbocycles. The van der Waals surface area contributed by atoms with Crippen molar-refractivity contribution >= 4 is 23.2 Å². The second-order valence-corrected chi connectivity index (χ2v) is 4.50. The smallest absolute Gasteiger partial charge is 0.303 e. The van der Waals surface area contributed by atoms with Crippen LogP contribution in [0.1, 0.15) is 41.3 Å². The Labute approximate surface area is 103 Å². The van der Waals surface area contributed by atoms with E-state index in [1.807, 2.05) is 0 Å². The molecule has 0 saturated heterocycles. The Morgan fingerprint density at radius 3 is 2.88 bits per heavy atom. The molecule has 4 N–H and O–H groups in total. The summed E-state index contributed by atoms with van der Waals surface area (Å²) in [5.41, 5.74) is 5.96. The number of carboxylic acid groups (broad SMARTS) is 1. The predicted octanol–water partition coefficient (Wildman–Crippen LogP) is 0.757. The molecule has 0 aliphatic rings. The first-order valence-electron chi connectivity index (χ1n) is 5.21. The van der Waals surface area contributed by atoms with Crippen molar-refractivity contribution in [3.05, 3.63) is 16.1 Å². The fourth-order valence-electron chi connectivity index (χ4n) is 1.13. The van der Waals surface area contributed by atoms with Crippen molar-refractivity contribution in [3.8, 4) is 0 Å². The number of carboxylic acids is 1. The number of hydrogen-bond acceptors (Lipinski definition) is 5. The third kappa shape index (κ3) is 4.49. The molecule has 0 aromatic carbocycles. The molecule has 1 atom stereocenters. The van der Waals surface area contributed by atoms with Gasteiger partial charge in [-0.15, -0.1) is 11.3 Å². The van der Waals surface area contributed by atoms with Crippen LogP contribution in [-0.2, 0) is 4.79 Å². The number of nitrogens with two attached hydrogens (primary N) is 1. The van der Waals surface area contributed by atoms with E-state index in [1.165, 1.54) is 11.3 Å². The van der Waals surface area contributed by atoms with Crippen molar-refractivity contribution in [1.29, 1.82) is 0 Å². The Kier molecular flexibility index (Phi) is 5.05. The van der Waals surface area contributed by atoms with Gasteiger partial charge in [0.25, 0.3) is 5.91 Å². The van der Waals surface area contributed by atoms with Crippen molar-refractivity contribution in [2.45, 2.75) is 25.8 Å². The Morgan fingerprint density at radius 2 is 2.35 bits per heavy atom. The fraction of sp³-hybridized carbons (Fsp3) is 0.500. The number of hydrogen-bond donors (Lipinski definition) is 3. The van der Waals surface area contributed by atoms with E-state index in [0.717, 1.165) is 0 Å². The lowest BCUT2D eigenvalue weighted by Crippen LogP contribution is -2.25. The van der Waals surface area contributed by atoms with Crippen molar-refractivity contribution in [2.75, 3.05) is 6.54 Å². The van der Waals surface area contributed by atoms with E-state index in [0.29, 0.717) is 23.7 Å². The molecule has 94 valence electrons. The van der Waals surface area contributed by atoms with Gasteiger partial charge in [-0.05, 0) is 13.3 Å². The average Bonchev–Trinajstić information content (AvgIpc) is 2.73. The molecule has 17 heavy (non-hydrogen) atoms. The zero-order valence-electron chi connectivity index (χ0n) is 9.47. The zero-order chi connectivity index (χ0) is 12.8. The maximum absolute atomic E-state index is 11.6. The molecule has 0 fully saturated rings. The average molecular weight is 257 g/mol. The van der Waals surface area contributed by atoms with Gasteiger partial charge in [0.2, 0.25) is 0 Å². The van der Waals surface area contributed by atoms with Crippen LogP contribution in [0.25, 0.3) is 0 Å². The lowest BCUT2D eigenvalue weighted by molar-refractivity contribution is -0.137. The first-order valence-corrected chi connectivity index (χ1v) is 6.09. The van der Waals surface area contributed by atoms with Crippen molar-refractivity contribution < 1.29 is 14.7 Å². The molecular weight excluding hydrogens is 242 g/mol. The Hall–Kier alpha value is -1.47. The third-order valence-electron chi connectivity index (χ3n) is 2.00. The number of aliphatic carboxylic acids is 1. The molecule has 0 aliphatic heterocycles. The van der Waals surface area contributed by atoms with Gasteiger partial charge in [0.1, 0.15) is 10.7 Å². The summed E-state index contributed by atoms with van der Waals surface area (Å²) in [5.74, 6) is -1.16. The van der Waals surface area contributed by atoms with Crippen LogP contribution in [0.3, 0.4) is 0 Å². The van der Waals surface area contributed by atoms with Crippen molar-refractivity contribution in [3.63, 3.8) is 0 Å². The monoisotopic (exact) mass is 257 g/mol. The van der Waals surface area contributed by atoms with E-state index in [4.69, 9.17) is 10.8 Å². The Morgan fingerprint density at radius 1 is 1.65 bits per heavy atom. The summed E-state index contributed by atoms with van der Waals surface area (Å²) < 4.78 is 0. The number of nitrogens with one attached hydrogen (secondary N) is 1. The number of rotatable bonds is 6. The van der Waals surface area contributed by atoms with Gasteiger partial charge in [0.15, 0.2) is 0 Å². The molecule has 0 radical (unpaired) electrons. The SMILES string of the molecule is CC(N)c1nc(C(=O)NCCCC(=O)O)cs1. The highest BCUT2D eigenvalue weighted by molar-refractivity contribution is 7.09. The summed E-state index contributed by atoms with van der Waals surface area (Å²) in [6, 6.07) is -0.187. The molecule has 1 unspecified atom stereocenters. The highest BCUT2D eigenvalue weighted by atomic mass is 32.1. The minimum Gasteiger partial charge on any atom is -0.481 e. The summed E-state index contributed by atoms with van der Waals surface area (Å²) in [4.78, 5) is 25.9. The fourth-order valence-corrected chi connectivity index (χ4v) is 1.89. The molecule has 1 aromatic heterocycles. The highest BCUT2D eigenvalue weighted by Gasteiger charge is 2.12. The van der Waals surface area contributed by atoms with Gasteiger partial charge >= 0.3 is 5.97 Å². The zero-order valence-corrected chi connectivity index (χ0v) is 10.3. The maximum atomic E-state index is 11.6. The number of carbonyl (C=O) groups is 2. The second kappa shape index (κ2) is 6.31. The third-order valence-corrected chi connectivity index (χ3v) is 3.04. The lowest BCUT2D eigenvalue weighted by Gasteiger charge is -2.01. The van der Waals surface area contributed by atoms with E-state index in [9.17, 15) is 9.59 Å². The van der Waals surface area contributed by atoms with Crippen molar-refractivity contribution in [1.82, 2.24) is 10.3 Å². The van der Waals surface area contributed by atoms with Gasteiger partial charge in [0.05, 0.1) is 6.04 Å². The van der Waals surface area contributed by atoms with Crippen LogP contribution in [-0.4, -0.2) is 28.5 Å². The number of aromatic nitrogens is 1. The predicted molar refractivity (Wildman–Crippen MR) is 63.9 cm³/mol. The van der Waals surface area contributed by atoms with Gasteiger partial charge in [-0.1, -0.05) is 0 Å². The molecule has 1 heterocycles. The van der Waals surface area contributed by atoms with E-state index < -0.39 is 5.97 Å². The molecule has 7 heteroatoms. The van der Waals surface area contributed by atoms with Gasteiger partial charge in [0, 0.05) is 18.3 Å². The van der Waals surface area contributed by atoms with Gasteiger partial charge in [-0.25, -0.2) is 4.98 Å². The van der Waals surface area contributed by atoms with Crippen LogP contribution in [0.2, 0.25) is 0 Å². The van der Waals surface area contributed by atoms with Crippen LogP contribution >= 0.6 is 11.3 Å². The van der Waals surface area contributed by atoms with E-state index in [-0.39, 0.29) is 18.4 Å².